The summed E-state index contributed by atoms with van der Waals surface area (Å²) in [5.74, 6) is 0.554. The molecular weight excluding hydrogens is 340 g/mol. The molecule has 1 aromatic heterocycles. The highest BCUT2D eigenvalue weighted by atomic mass is 16.5. The summed E-state index contributed by atoms with van der Waals surface area (Å²) in [6.07, 6.45) is 4.01. The maximum absolute atomic E-state index is 12.7. The number of hydrogen-bond acceptors (Lipinski definition) is 4. The minimum Gasteiger partial charge on any atom is -0.487 e. The number of benzene rings is 2. The van der Waals surface area contributed by atoms with Gasteiger partial charge >= 0.3 is 0 Å². The maximum atomic E-state index is 12.7. The SMILES string of the molecule is O=C(NC(CO)Cc1ccccc1)c1ccc2c(c1)COc1cnccc1-2. The first-order valence-electron chi connectivity index (χ1n) is 8.90. The van der Waals surface area contributed by atoms with Gasteiger partial charge in [0.15, 0.2) is 0 Å². The van der Waals surface area contributed by atoms with E-state index in [4.69, 9.17) is 4.74 Å². The van der Waals surface area contributed by atoms with Crippen molar-refractivity contribution in [3.05, 3.63) is 83.7 Å². The fourth-order valence-corrected chi connectivity index (χ4v) is 3.32. The Morgan fingerprint density at radius 2 is 2.00 bits per heavy atom. The maximum Gasteiger partial charge on any atom is 0.251 e. The third kappa shape index (κ3) is 3.68. The molecule has 1 unspecified atom stereocenters. The van der Waals surface area contributed by atoms with Crippen molar-refractivity contribution in [1.82, 2.24) is 10.3 Å². The van der Waals surface area contributed by atoms with Gasteiger partial charge in [-0.25, -0.2) is 0 Å². The van der Waals surface area contributed by atoms with Crippen LogP contribution in [0.25, 0.3) is 11.1 Å². The van der Waals surface area contributed by atoms with Crippen molar-refractivity contribution in [3.8, 4) is 16.9 Å². The van der Waals surface area contributed by atoms with Crippen molar-refractivity contribution in [2.75, 3.05) is 6.61 Å². The van der Waals surface area contributed by atoms with Crippen LogP contribution in [0.15, 0.2) is 67.0 Å². The van der Waals surface area contributed by atoms with Crippen LogP contribution < -0.4 is 10.1 Å². The number of aromatic nitrogens is 1. The first-order valence-corrected chi connectivity index (χ1v) is 8.90. The number of pyridine rings is 1. The fraction of sp³-hybridized carbons (Fsp3) is 0.182. The van der Waals surface area contributed by atoms with E-state index >= 15 is 0 Å². The molecule has 1 atom stereocenters. The average Bonchev–Trinajstić information content (AvgIpc) is 2.73. The van der Waals surface area contributed by atoms with Crippen LogP contribution in [-0.2, 0) is 13.0 Å². The van der Waals surface area contributed by atoms with Gasteiger partial charge in [0, 0.05) is 17.3 Å². The van der Waals surface area contributed by atoms with Gasteiger partial charge in [0.05, 0.1) is 18.8 Å². The number of nitrogens with zero attached hydrogens (tertiary/aromatic N) is 1. The van der Waals surface area contributed by atoms with Crippen molar-refractivity contribution < 1.29 is 14.6 Å². The molecule has 1 aliphatic heterocycles. The zero-order valence-corrected chi connectivity index (χ0v) is 14.8. The van der Waals surface area contributed by atoms with Crippen LogP contribution in [0.1, 0.15) is 21.5 Å². The van der Waals surface area contributed by atoms with Crippen LogP contribution in [-0.4, -0.2) is 28.6 Å². The second kappa shape index (κ2) is 7.60. The smallest absolute Gasteiger partial charge is 0.251 e. The molecule has 0 saturated carbocycles. The van der Waals surface area contributed by atoms with Crippen molar-refractivity contribution >= 4 is 5.91 Å². The summed E-state index contributed by atoms with van der Waals surface area (Å²) in [5.41, 5.74) is 4.63. The molecule has 2 aromatic carbocycles. The van der Waals surface area contributed by atoms with Gasteiger partial charge < -0.3 is 15.2 Å². The summed E-state index contributed by atoms with van der Waals surface area (Å²) < 4.78 is 5.73. The zero-order valence-electron chi connectivity index (χ0n) is 14.8. The molecule has 0 radical (unpaired) electrons. The van der Waals surface area contributed by atoms with E-state index in [0.29, 0.717) is 18.6 Å². The number of carbonyl (C=O) groups is 1. The van der Waals surface area contributed by atoms with Gasteiger partial charge in [0.2, 0.25) is 0 Å². The highest BCUT2D eigenvalue weighted by Crippen LogP contribution is 2.36. The molecule has 2 N–H and O–H groups in total. The average molecular weight is 360 g/mol. The van der Waals surface area contributed by atoms with E-state index in [1.54, 1.807) is 18.5 Å². The summed E-state index contributed by atoms with van der Waals surface area (Å²) in [6, 6.07) is 17.0. The topological polar surface area (TPSA) is 71.5 Å². The number of amides is 1. The van der Waals surface area contributed by atoms with E-state index in [0.717, 1.165) is 28.0 Å². The summed E-state index contributed by atoms with van der Waals surface area (Å²) in [4.78, 5) is 16.7. The van der Waals surface area contributed by atoms with Gasteiger partial charge in [0.1, 0.15) is 12.4 Å². The van der Waals surface area contributed by atoms with Crippen LogP contribution in [0, 0.1) is 0 Å². The number of aliphatic hydroxyl groups excluding tert-OH is 1. The van der Waals surface area contributed by atoms with Crippen molar-refractivity contribution in [2.24, 2.45) is 0 Å². The quantitative estimate of drug-likeness (QED) is 0.734. The van der Waals surface area contributed by atoms with Crippen LogP contribution in [0.4, 0.5) is 0 Å². The second-order valence-electron chi connectivity index (χ2n) is 6.58. The molecule has 2 heterocycles. The molecule has 5 nitrogen and oxygen atoms in total. The van der Waals surface area contributed by atoms with Crippen molar-refractivity contribution in [2.45, 2.75) is 19.1 Å². The van der Waals surface area contributed by atoms with Crippen molar-refractivity contribution in [3.63, 3.8) is 0 Å². The molecule has 3 aromatic rings. The summed E-state index contributed by atoms with van der Waals surface area (Å²) in [7, 11) is 0. The monoisotopic (exact) mass is 360 g/mol. The lowest BCUT2D eigenvalue weighted by Crippen LogP contribution is -2.39. The molecule has 136 valence electrons. The van der Waals surface area contributed by atoms with Gasteiger partial charge in [-0.3, -0.25) is 9.78 Å². The molecule has 4 rings (SSSR count). The predicted molar refractivity (Wildman–Crippen MR) is 102 cm³/mol. The largest absolute Gasteiger partial charge is 0.487 e. The molecular formula is C22H20N2O3. The third-order valence-electron chi connectivity index (χ3n) is 4.71. The number of nitrogens with one attached hydrogen (secondary N) is 1. The summed E-state index contributed by atoms with van der Waals surface area (Å²) in [5, 5.41) is 12.6. The second-order valence-corrected chi connectivity index (χ2v) is 6.58. The molecule has 0 fully saturated rings. The molecule has 1 aliphatic rings. The van der Waals surface area contributed by atoms with Crippen LogP contribution in [0.3, 0.4) is 0 Å². The van der Waals surface area contributed by atoms with E-state index in [1.165, 1.54) is 0 Å². The number of fused-ring (bicyclic) bond motifs is 3. The molecule has 0 bridgehead atoms. The van der Waals surface area contributed by atoms with Gasteiger partial charge in [-0.1, -0.05) is 36.4 Å². The highest BCUT2D eigenvalue weighted by Gasteiger charge is 2.20. The third-order valence-corrected chi connectivity index (χ3v) is 4.71. The molecule has 0 saturated heterocycles. The minimum absolute atomic E-state index is 0.116. The molecule has 27 heavy (non-hydrogen) atoms. The van der Waals surface area contributed by atoms with E-state index in [1.807, 2.05) is 48.5 Å². The van der Waals surface area contributed by atoms with Crippen molar-refractivity contribution in [1.29, 1.82) is 0 Å². The fourth-order valence-electron chi connectivity index (χ4n) is 3.32. The summed E-state index contributed by atoms with van der Waals surface area (Å²) in [6.45, 7) is 0.289. The van der Waals surface area contributed by atoms with Crippen LogP contribution in [0.5, 0.6) is 5.75 Å². The van der Waals surface area contributed by atoms with Gasteiger partial charge in [-0.15, -0.1) is 0 Å². The first-order chi connectivity index (χ1) is 13.2. The predicted octanol–water partition coefficient (Wildman–Crippen LogP) is 2.97. The van der Waals surface area contributed by atoms with Gasteiger partial charge in [0.25, 0.3) is 5.91 Å². The molecule has 0 aliphatic carbocycles. The Labute approximate surface area is 157 Å². The van der Waals surface area contributed by atoms with Crippen LogP contribution >= 0.6 is 0 Å². The van der Waals surface area contributed by atoms with Gasteiger partial charge in [-0.05, 0) is 41.3 Å². The Bertz CT molecular complexity index is 957. The molecule has 0 spiro atoms. The lowest BCUT2D eigenvalue weighted by atomic mass is 9.96. The number of ether oxygens (including phenoxy) is 1. The zero-order chi connectivity index (χ0) is 18.6. The lowest BCUT2D eigenvalue weighted by molar-refractivity contribution is 0.0916. The number of carbonyl (C=O) groups excluding carboxylic acids is 1. The number of hydrogen-bond donors (Lipinski definition) is 2. The first kappa shape index (κ1) is 17.2. The molecule has 5 heteroatoms. The Morgan fingerprint density at radius 1 is 1.15 bits per heavy atom. The van der Waals surface area contributed by atoms with E-state index < -0.39 is 0 Å². The summed E-state index contributed by atoms with van der Waals surface area (Å²) >= 11 is 0. The molecule has 1 amide bonds. The Balaban J connectivity index is 1.51. The van der Waals surface area contributed by atoms with Crippen LogP contribution in [0.2, 0.25) is 0 Å². The van der Waals surface area contributed by atoms with E-state index in [-0.39, 0.29) is 18.6 Å². The minimum atomic E-state index is -0.334. The highest BCUT2D eigenvalue weighted by molar-refractivity contribution is 5.95. The number of aliphatic hydroxyl groups is 1. The number of rotatable bonds is 5. The normalized spacial score (nSPS) is 13.1. The van der Waals surface area contributed by atoms with E-state index in [2.05, 4.69) is 10.3 Å². The Hall–Kier alpha value is -3.18. The van der Waals surface area contributed by atoms with Gasteiger partial charge in [-0.2, -0.15) is 0 Å². The lowest BCUT2D eigenvalue weighted by Gasteiger charge is -2.21. The Kier molecular flexibility index (Phi) is 4.85. The standard InChI is InChI=1S/C22H20N2O3/c25-13-18(10-15-4-2-1-3-5-15)24-22(26)16-6-7-19-17(11-16)14-27-21-12-23-9-8-20(19)21/h1-9,11-12,18,25H,10,13-14H2,(H,24,26). The Morgan fingerprint density at radius 3 is 2.81 bits per heavy atom. The van der Waals surface area contributed by atoms with E-state index in [9.17, 15) is 9.90 Å².